The zero-order valence-electron chi connectivity index (χ0n) is 11.0. The molecule has 1 aromatic rings. The van der Waals surface area contributed by atoms with E-state index in [1.54, 1.807) is 0 Å². The van der Waals surface area contributed by atoms with Gasteiger partial charge in [0.2, 0.25) is 0 Å². The van der Waals surface area contributed by atoms with Crippen LogP contribution >= 0.6 is 0 Å². The number of aromatic nitrogens is 1. The smallest absolute Gasteiger partial charge is 0.128 e. The highest BCUT2D eigenvalue weighted by molar-refractivity contribution is 5.42. The van der Waals surface area contributed by atoms with E-state index in [4.69, 9.17) is 0 Å². The summed E-state index contributed by atoms with van der Waals surface area (Å²) in [4.78, 5) is 6.89. The lowest BCUT2D eigenvalue weighted by Crippen LogP contribution is -2.21. The summed E-state index contributed by atoms with van der Waals surface area (Å²) in [6.45, 7) is 5.44. The molecule has 0 aliphatic heterocycles. The fraction of sp³-hybridized carbons (Fsp3) is 0.643. The van der Waals surface area contributed by atoms with Gasteiger partial charge in [-0.2, -0.15) is 0 Å². The summed E-state index contributed by atoms with van der Waals surface area (Å²) in [5.74, 6) is 2.24. The Labute approximate surface area is 103 Å². The highest BCUT2D eigenvalue weighted by Gasteiger charge is 2.23. The molecule has 1 N–H and O–H groups in total. The molecule has 1 aliphatic carbocycles. The molecule has 2 rings (SSSR count). The van der Waals surface area contributed by atoms with Crippen LogP contribution in [0.4, 0.5) is 5.82 Å². The maximum Gasteiger partial charge on any atom is 0.128 e. The number of anilines is 1. The van der Waals surface area contributed by atoms with Gasteiger partial charge in [-0.3, -0.25) is 0 Å². The van der Waals surface area contributed by atoms with Crippen LogP contribution in [-0.2, 0) is 6.61 Å². The van der Waals surface area contributed by atoms with Gasteiger partial charge in [0.05, 0.1) is 6.61 Å². The number of pyridine rings is 1. The quantitative estimate of drug-likeness (QED) is 0.850. The van der Waals surface area contributed by atoms with Gasteiger partial charge in [0.15, 0.2) is 0 Å². The van der Waals surface area contributed by atoms with E-state index in [1.807, 2.05) is 12.1 Å². The topological polar surface area (TPSA) is 36.4 Å². The van der Waals surface area contributed by atoms with Gasteiger partial charge in [0.25, 0.3) is 0 Å². The molecule has 1 heterocycles. The lowest BCUT2D eigenvalue weighted by atomic mass is 10.1. The number of aliphatic hydroxyl groups is 1. The van der Waals surface area contributed by atoms with Crippen LogP contribution in [0.15, 0.2) is 12.1 Å². The van der Waals surface area contributed by atoms with Gasteiger partial charge in [-0.25, -0.2) is 4.98 Å². The van der Waals surface area contributed by atoms with Crippen LogP contribution in [0.2, 0.25) is 0 Å². The molecule has 0 unspecified atom stereocenters. The Morgan fingerprint density at radius 3 is 2.65 bits per heavy atom. The minimum Gasteiger partial charge on any atom is -0.392 e. The highest BCUT2D eigenvalue weighted by atomic mass is 16.3. The van der Waals surface area contributed by atoms with Crippen LogP contribution in [0.25, 0.3) is 0 Å². The van der Waals surface area contributed by atoms with E-state index in [2.05, 4.69) is 30.8 Å². The summed E-state index contributed by atoms with van der Waals surface area (Å²) < 4.78 is 0. The molecule has 0 aromatic carbocycles. The molecule has 1 saturated carbocycles. The van der Waals surface area contributed by atoms with Gasteiger partial charge in [-0.1, -0.05) is 13.8 Å². The third-order valence-corrected chi connectivity index (χ3v) is 3.29. The first kappa shape index (κ1) is 12.4. The molecule has 0 spiro atoms. The minimum atomic E-state index is 0.0898. The summed E-state index contributed by atoms with van der Waals surface area (Å²) in [5, 5.41) is 9.30. The minimum absolute atomic E-state index is 0.0898. The Morgan fingerprint density at radius 1 is 1.41 bits per heavy atom. The Balaban J connectivity index is 2.21. The second-order valence-corrected chi connectivity index (χ2v) is 5.40. The molecule has 0 atom stereocenters. The van der Waals surface area contributed by atoms with Crippen molar-refractivity contribution in [2.45, 2.75) is 39.2 Å². The Kier molecular flexibility index (Phi) is 3.67. The van der Waals surface area contributed by atoms with Gasteiger partial charge < -0.3 is 10.0 Å². The van der Waals surface area contributed by atoms with Crippen LogP contribution in [0.5, 0.6) is 0 Å². The average Bonchev–Trinajstić information content (AvgIpc) is 3.12. The molecular formula is C14H22N2O. The standard InChI is InChI=1S/C14H22N2O/c1-10(2)13-6-12(9-17)7-14(15-13)16(3)8-11-4-5-11/h6-7,10-11,17H,4-5,8-9H2,1-3H3. The van der Waals surface area contributed by atoms with Crippen molar-refractivity contribution in [1.29, 1.82) is 0 Å². The van der Waals surface area contributed by atoms with Gasteiger partial charge >= 0.3 is 0 Å². The first-order chi connectivity index (χ1) is 8.10. The molecule has 94 valence electrons. The fourth-order valence-corrected chi connectivity index (χ4v) is 1.96. The van der Waals surface area contributed by atoms with Crippen molar-refractivity contribution in [2.75, 3.05) is 18.5 Å². The summed E-state index contributed by atoms with van der Waals surface area (Å²) in [6, 6.07) is 3.99. The Morgan fingerprint density at radius 2 is 2.12 bits per heavy atom. The second-order valence-electron chi connectivity index (χ2n) is 5.40. The molecule has 1 aliphatic rings. The van der Waals surface area contributed by atoms with Crippen molar-refractivity contribution in [3.8, 4) is 0 Å². The summed E-state index contributed by atoms with van der Waals surface area (Å²) in [6.07, 6.45) is 2.70. The molecule has 17 heavy (non-hydrogen) atoms. The molecule has 0 bridgehead atoms. The zero-order chi connectivity index (χ0) is 12.4. The van der Waals surface area contributed by atoms with Crippen molar-refractivity contribution < 1.29 is 5.11 Å². The first-order valence-electron chi connectivity index (χ1n) is 6.43. The largest absolute Gasteiger partial charge is 0.392 e. The fourth-order valence-electron chi connectivity index (χ4n) is 1.96. The number of rotatable bonds is 5. The van der Waals surface area contributed by atoms with Crippen molar-refractivity contribution in [3.63, 3.8) is 0 Å². The molecule has 0 saturated heterocycles. The van der Waals surface area contributed by atoms with Gasteiger partial charge in [0.1, 0.15) is 5.82 Å². The van der Waals surface area contributed by atoms with Crippen LogP contribution in [0, 0.1) is 5.92 Å². The molecule has 3 nitrogen and oxygen atoms in total. The molecule has 0 amide bonds. The second kappa shape index (κ2) is 5.05. The van der Waals surface area contributed by atoms with Gasteiger partial charge in [-0.15, -0.1) is 0 Å². The average molecular weight is 234 g/mol. The third kappa shape index (κ3) is 3.19. The van der Waals surface area contributed by atoms with Gasteiger partial charge in [0, 0.05) is 19.3 Å². The zero-order valence-corrected chi connectivity index (χ0v) is 11.0. The highest BCUT2D eigenvalue weighted by Crippen LogP contribution is 2.31. The maximum absolute atomic E-state index is 9.30. The van der Waals surface area contributed by atoms with Crippen LogP contribution in [0.1, 0.15) is 43.9 Å². The normalized spacial score (nSPS) is 15.4. The lowest BCUT2D eigenvalue weighted by Gasteiger charge is -2.20. The van der Waals surface area contributed by atoms with Crippen molar-refractivity contribution >= 4 is 5.82 Å². The molecule has 0 radical (unpaired) electrons. The predicted molar refractivity (Wildman–Crippen MR) is 70.2 cm³/mol. The number of nitrogens with zero attached hydrogens (tertiary/aromatic N) is 2. The van der Waals surface area contributed by atoms with Crippen LogP contribution < -0.4 is 4.90 Å². The number of hydrogen-bond acceptors (Lipinski definition) is 3. The Hall–Kier alpha value is -1.09. The molecular weight excluding hydrogens is 212 g/mol. The van der Waals surface area contributed by atoms with Crippen molar-refractivity contribution in [3.05, 3.63) is 23.4 Å². The number of hydrogen-bond donors (Lipinski definition) is 1. The van der Waals surface area contributed by atoms with E-state index in [1.165, 1.54) is 12.8 Å². The summed E-state index contributed by atoms with van der Waals surface area (Å²) in [7, 11) is 2.09. The molecule has 3 heteroatoms. The SMILES string of the molecule is CC(C)c1cc(CO)cc(N(C)CC2CC2)n1. The lowest BCUT2D eigenvalue weighted by molar-refractivity contribution is 0.281. The molecule has 1 fully saturated rings. The van der Waals surface area contributed by atoms with Crippen molar-refractivity contribution in [2.24, 2.45) is 5.92 Å². The van der Waals surface area contributed by atoms with E-state index >= 15 is 0 Å². The van der Waals surface area contributed by atoms with E-state index in [0.717, 1.165) is 29.5 Å². The van der Waals surface area contributed by atoms with E-state index < -0.39 is 0 Å². The first-order valence-corrected chi connectivity index (χ1v) is 6.43. The summed E-state index contributed by atoms with van der Waals surface area (Å²) in [5.41, 5.74) is 2.02. The van der Waals surface area contributed by atoms with Crippen LogP contribution in [0.3, 0.4) is 0 Å². The van der Waals surface area contributed by atoms with E-state index in [-0.39, 0.29) is 6.61 Å². The maximum atomic E-state index is 9.30. The molecule has 1 aromatic heterocycles. The van der Waals surface area contributed by atoms with Crippen molar-refractivity contribution in [1.82, 2.24) is 4.98 Å². The third-order valence-electron chi connectivity index (χ3n) is 3.29. The number of aliphatic hydroxyl groups excluding tert-OH is 1. The predicted octanol–water partition coefficient (Wildman–Crippen LogP) is 2.54. The van der Waals surface area contributed by atoms with Gasteiger partial charge in [-0.05, 0) is 42.4 Å². The summed E-state index contributed by atoms with van der Waals surface area (Å²) >= 11 is 0. The monoisotopic (exact) mass is 234 g/mol. The van der Waals surface area contributed by atoms with Crippen LogP contribution in [-0.4, -0.2) is 23.7 Å². The Bertz CT molecular complexity index is 386. The van der Waals surface area contributed by atoms with E-state index in [9.17, 15) is 5.11 Å². The van der Waals surface area contributed by atoms with E-state index in [0.29, 0.717) is 5.92 Å².